The van der Waals surface area contributed by atoms with Crippen LogP contribution in [0.2, 0.25) is 0 Å². The van der Waals surface area contributed by atoms with Crippen molar-refractivity contribution >= 4 is 23.9 Å². The molecule has 0 amide bonds. The second kappa shape index (κ2) is 6.24. The summed E-state index contributed by atoms with van der Waals surface area (Å²) >= 11 is 1.65. The molecule has 0 aliphatic heterocycles. The molecule has 1 heterocycles. The highest BCUT2D eigenvalue weighted by atomic mass is 32.2. The number of rotatable bonds is 4. The molecule has 0 saturated heterocycles. The van der Waals surface area contributed by atoms with E-state index in [4.69, 9.17) is 4.74 Å². The van der Waals surface area contributed by atoms with Crippen LogP contribution in [0.5, 0.6) is 5.75 Å². The number of nitrogens with one attached hydrogen (secondary N) is 1. The van der Waals surface area contributed by atoms with Crippen LogP contribution < -0.4 is 10.3 Å². The van der Waals surface area contributed by atoms with E-state index in [1.807, 2.05) is 36.6 Å². The maximum atomic E-state index is 10.9. The molecule has 2 rings (SSSR count). The summed E-state index contributed by atoms with van der Waals surface area (Å²) in [7, 11) is 1.65. The minimum atomic E-state index is -0.209. The lowest BCUT2D eigenvalue weighted by Crippen LogP contribution is -2.05. The van der Waals surface area contributed by atoms with E-state index in [0.29, 0.717) is 5.69 Å². The number of nitrogens with zero attached hydrogens (tertiary/aromatic N) is 1. The molecule has 1 N–H and O–H groups in total. The third-order valence-electron chi connectivity index (χ3n) is 2.59. The monoisotopic (exact) mass is 274 g/mol. The van der Waals surface area contributed by atoms with Crippen molar-refractivity contribution in [1.29, 1.82) is 0 Å². The molecule has 0 unspecified atom stereocenters. The Morgan fingerprint density at radius 3 is 2.74 bits per heavy atom. The molecule has 0 bridgehead atoms. The zero-order valence-corrected chi connectivity index (χ0v) is 11.5. The first kappa shape index (κ1) is 13.4. The average molecular weight is 274 g/mol. The number of methoxy groups -OCH3 is 1. The van der Waals surface area contributed by atoms with Crippen molar-refractivity contribution in [3.05, 3.63) is 51.9 Å². The van der Waals surface area contributed by atoms with Crippen LogP contribution in [0.3, 0.4) is 0 Å². The Kier molecular flexibility index (Phi) is 4.41. The van der Waals surface area contributed by atoms with Crippen LogP contribution in [0.4, 0.5) is 0 Å². The highest BCUT2D eigenvalue weighted by molar-refractivity contribution is 7.98. The van der Waals surface area contributed by atoms with Crippen LogP contribution in [-0.2, 0) is 0 Å². The SMILES string of the molecule is COc1cccc(SC)c1C=Cc1ccc(=O)[nH]n1. The maximum Gasteiger partial charge on any atom is 0.264 e. The normalized spacial score (nSPS) is 10.8. The Morgan fingerprint density at radius 1 is 1.26 bits per heavy atom. The summed E-state index contributed by atoms with van der Waals surface area (Å²) in [5, 5.41) is 6.33. The number of hydrogen-bond acceptors (Lipinski definition) is 4. The fraction of sp³-hybridized carbons (Fsp3) is 0.143. The van der Waals surface area contributed by atoms with Gasteiger partial charge in [-0.2, -0.15) is 5.10 Å². The largest absolute Gasteiger partial charge is 0.496 e. The number of hydrogen-bond donors (Lipinski definition) is 1. The van der Waals surface area contributed by atoms with Crippen LogP contribution in [0, 0.1) is 0 Å². The second-order valence-corrected chi connectivity index (χ2v) is 4.60. The van der Waals surface area contributed by atoms with E-state index in [0.717, 1.165) is 16.2 Å². The molecule has 0 saturated carbocycles. The van der Waals surface area contributed by atoms with Gasteiger partial charge in [0, 0.05) is 16.5 Å². The lowest BCUT2D eigenvalue weighted by molar-refractivity contribution is 0.412. The predicted octanol–water partition coefficient (Wildman–Crippen LogP) is 2.67. The molecule has 1 aromatic carbocycles. The van der Waals surface area contributed by atoms with Crippen molar-refractivity contribution in [2.24, 2.45) is 0 Å². The summed E-state index contributed by atoms with van der Waals surface area (Å²) in [6.45, 7) is 0. The smallest absolute Gasteiger partial charge is 0.264 e. The van der Waals surface area contributed by atoms with Crippen LogP contribution in [0.25, 0.3) is 12.2 Å². The average Bonchev–Trinajstić information content (AvgIpc) is 2.46. The number of aromatic nitrogens is 2. The lowest BCUT2D eigenvalue weighted by atomic mass is 10.1. The zero-order chi connectivity index (χ0) is 13.7. The molecule has 0 aliphatic rings. The van der Waals surface area contributed by atoms with E-state index in [-0.39, 0.29) is 5.56 Å². The van der Waals surface area contributed by atoms with Crippen molar-refractivity contribution < 1.29 is 4.74 Å². The van der Waals surface area contributed by atoms with Gasteiger partial charge in [-0.25, -0.2) is 5.10 Å². The minimum Gasteiger partial charge on any atom is -0.496 e. The van der Waals surface area contributed by atoms with Gasteiger partial charge in [0.05, 0.1) is 12.8 Å². The quantitative estimate of drug-likeness (QED) is 0.871. The third kappa shape index (κ3) is 3.26. The van der Waals surface area contributed by atoms with Gasteiger partial charge in [0.2, 0.25) is 0 Å². The molecule has 0 fully saturated rings. The molecule has 5 heteroatoms. The van der Waals surface area contributed by atoms with Crippen molar-refractivity contribution in [1.82, 2.24) is 10.2 Å². The summed E-state index contributed by atoms with van der Waals surface area (Å²) in [6, 6.07) is 9.03. The van der Waals surface area contributed by atoms with Crippen molar-refractivity contribution in [2.75, 3.05) is 13.4 Å². The topological polar surface area (TPSA) is 55.0 Å². The minimum absolute atomic E-state index is 0.209. The highest BCUT2D eigenvalue weighted by Crippen LogP contribution is 2.30. The van der Waals surface area contributed by atoms with Crippen LogP contribution in [-0.4, -0.2) is 23.6 Å². The number of ether oxygens (including phenoxy) is 1. The maximum absolute atomic E-state index is 10.9. The summed E-state index contributed by atoms with van der Waals surface area (Å²) in [5.74, 6) is 0.813. The molecule has 0 radical (unpaired) electrons. The summed E-state index contributed by atoms with van der Waals surface area (Å²) in [6.07, 6.45) is 5.79. The first-order chi connectivity index (χ1) is 9.24. The predicted molar refractivity (Wildman–Crippen MR) is 78.6 cm³/mol. The van der Waals surface area contributed by atoms with E-state index in [2.05, 4.69) is 10.2 Å². The Balaban J connectivity index is 2.36. The molecule has 0 spiro atoms. The van der Waals surface area contributed by atoms with Gasteiger partial charge in [-0.1, -0.05) is 6.07 Å². The van der Waals surface area contributed by atoms with Gasteiger partial charge in [0.1, 0.15) is 5.75 Å². The van der Waals surface area contributed by atoms with Gasteiger partial charge in [-0.05, 0) is 36.6 Å². The molecule has 0 atom stereocenters. The van der Waals surface area contributed by atoms with Crippen LogP contribution in [0.15, 0.2) is 40.0 Å². The van der Waals surface area contributed by atoms with E-state index < -0.39 is 0 Å². The Hall–Kier alpha value is -2.01. The van der Waals surface area contributed by atoms with Gasteiger partial charge < -0.3 is 4.74 Å². The summed E-state index contributed by atoms with van der Waals surface area (Å²) < 4.78 is 5.35. The molecule has 98 valence electrons. The summed E-state index contributed by atoms with van der Waals surface area (Å²) in [5.41, 5.74) is 1.49. The number of benzene rings is 1. The first-order valence-corrected chi connectivity index (χ1v) is 6.92. The van der Waals surface area contributed by atoms with Gasteiger partial charge in [0.15, 0.2) is 0 Å². The van der Waals surface area contributed by atoms with E-state index in [1.165, 1.54) is 6.07 Å². The number of H-pyrrole nitrogens is 1. The van der Waals surface area contributed by atoms with Gasteiger partial charge >= 0.3 is 0 Å². The number of thioether (sulfide) groups is 1. The van der Waals surface area contributed by atoms with Crippen molar-refractivity contribution in [3.63, 3.8) is 0 Å². The van der Waals surface area contributed by atoms with Gasteiger partial charge in [-0.3, -0.25) is 4.79 Å². The Bertz CT molecular complexity index is 607. The van der Waals surface area contributed by atoms with Gasteiger partial charge in [-0.15, -0.1) is 11.8 Å². The van der Waals surface area contributed by atoms with E-state index in [1.54, 1.807) is 24.9 Å². The molecule has 0 aliphatic carbocycles. The van der Waals surface area contributed by atoms with Crippen molar-refractivity contribution in [3.8, 4) is 5.75 Å². The lowest BCUT2D eigenvalue weighted by Gasteiger charge is -2.08. The highest BCUT2D eigenvalue weighted by Gasteiger charge is 2.04. The molecule has 1 aromatic heterocycles. The fourth-order valence-corrected chi connectivity index (χ4v) is 2.26. The number of aromatic amines is 1. The Labute approximate surface area is 115 Å². The summed E-state index contributed by atoms with van der Waals surface area (Å²) in [4.78, 5) is 12.1. The van der Waals surface area contributed by atoms with E-state index in [9.17, 15) is 4.79 Å². The fourth-order valence-electron chi connectivity index (χ4n) is 1.66. The van der Waals surface area contributed by atoms with E-state index >= 15 is 0 Å². The molecular formula is C14H14N2O2S. The third-order valence-corrected chi connectivity index (χ3v) is 3.38. The molecule has 2 aromatic rings. The first-order valence-electron chi connectivity index (χ1n) is 5.69. The van der Waals surface area contributed by atoms with Crippen molar-refractivity contribution in [2.45, 2.75) is 4.90 Å². The van der Waals surface area contributed by atoms with Gasteiger partial charge in [0.25, 0.3) is 5.56 Å². The second-order valence-electron chi connectivity index (χ2n) is 3.76. The molecular weight excluding hydrogens is 260 g/mol. The van der Waals surface area contributed by atoms with Crippen LogP contribution >= 0.6 is 11.8 Å². The zero-order valence-electron chi connectivity index (χ0n) is 10.7. The molecule has 4 nitrogen and oxygen atoms in total. The van der Waals surface area contributed by atoms with Crippen LogP contribution in [0.1, 0.15) is 11.3 Å². The Morgan fingerprint density at radius 2 is 2.11 bits per heavy atom. The molecule has 19 heavy (non-hydrogen) atoms. The standard InChI is InChI=1S/C14H14N2O2S/c1-18-12-4-3-5-13(19-2)11(12)8-6-10-7-9-14(17)16-15-10/h3-9H,1-2H3,(H,16,17).